The molecule has 0 radical (unpaired) electrons. The van der Waals surface area contributed by atoms with E-state index >= 15 is 0 Å². The average Bonchev–Trinajstić information content (AvgIpc) is 3.37. The molecule has 2 aliphatic rings. The lowest BCUT2D eigenvalue weighted by molar-refractivity contribution is 0.0727. The van der Waals surface area contributed by atoms with Crippen molar-refractivity contribution in [3.63, 3.8) is 0 Å². The molecule has 1 N–H and O–H groups in total. The summed E-state index contributed by atoms with van der Waals surface area (Å²) < 4.78 is 1.78. The minimum absolute atomic E-state index is 0.0368. The highest BCUT2D eigenvalue weighted by atomic mass is 16.2. The van der Waals surface area contributed by atoms with Gasteiger partial charge in [0.25, 0.3) is 5.91 Å². The zero-order valence-electron chi connectivity index (χ0n) is 14.9. The molecular weight excluding hydrogens is 330 g/mol. The van der Waals surface area contributed by atoms with Crippen molar-refractivity contribution in [2.24, 2.45) is 0 Å². The Hall–Kier alpha value is -2.32. The number of likely N-dealkylation sites (tertiary alicyclic amines) is 1. The fourth-order valence-electron chi connectivity index (χ4n) is 3.72. The van der Waals surface area contributed by atoms with E-state index in [-0.39, 0.29) is 11.9 Å². The van der Waals surface area contributed by atoms with Crippen LogP contribution in [0.3, 0.4) is 0 Å². The number of carbonyl (C=O) groups is 1. The van der Waals surface area contributed by atoms with E-state index in [2.05, 4.69) is 25.5 Å². The molecule has 1 atom stereocenters. The molecule has 8 nitrogen and oxygen atoms in total. The van der Waals surface area contributed by atoms with Crippen LogP contribution in [-0.2, 0) is 6.54 Å². The van der Waals surface area contributed by atoms with Crippen LogP contribution in [0.25, 0.3) is 0 Å². The number of amides is 1. The molecule has 2 aromatic heterocycles. The smallest absolute Gasteiger partial charge is 0.276 e. The highest BCUT2D eigenvalue weighted by Crippen LogP contribution is 2.31. The van der Waals surface area contributed by atoms with Gasteiger partial charge in [0, 0.05) is 45.5 Å². The molecule has 2 fully saturated rings. The van der Waals surface area contributed by atoms with E-state index in [0.29, 0.717) is 5.69 Å². The van der Waals surface area contributed by atoms with Crippen molar-refractivity contribution >= 4 is 5.91 Å². The van der Waals surface area contributed by atoms with E-state index < -0.39 is 0 Å². The standard InChI is InChI=1S/C18H25N7O/c26-18(25-9-3-5-17(25)15-4-1-2-6-20-15)16-14-24(22-21-16)13-12-23-10-7-19-8-11-23/h1-2,4,6,14,17,19H,3,5,7-13H2/t17-/m1/s1. The van der Waals surface area contributed by atoms with Gasteiger partial charge in [-0.1, -0.05) is 11.3 Å². The second kappa shape index (κ2) is 7.92. The molecule has 26 heavy (non-hydrogen) atoms. The van der Waals surface area contributed by atoms with Gasteiger partial charge in [-0.25, -0.2) is 0 Å². The Morgan fingerprint density at radius 2 is 2.08 bits per heavy atom. The minimum atomic E-state index is -0.0495. The Morgan fingerprint density at radius 3 is 2.88 bits per heavy atom. The Kier molecular flexibility index (Phi) is 5.21. The van der Waals surface area contributed by atoms with Crippen molar-refractivity contribution in [2.75, 3.05) is 39.3 Å². The van der Waals surface area contributed by atoms with Gasteiger partial charge in [-0.2, -0.15) is 0 Å². The number of nitrogens with one attached hydrogen (secondary N) is 1. The van der Waals surface area contributed by atoms with Crippen LogP contribution >= 0.6 is 0 Å². The third-order valence-corrected chi connectivity index (χ3v) is 5.16. The first-order chi connectivity index (χ1) is 12.8. The molecule has 0 saturated carbocycles. The lowest BCUT2D eigenvalue weighted by Gasteiger charge is -2.26. The Labute approximate surface area is 153 Å². The van der Waals surface area contributed by atoms with Gasteiger partial charge in [-0.3, -0.25) is 19.4 Å². The number of hydrogen-bond acceptors (Lipinski definition) is 6. The molecule has 0 aromatic carbocycles. The van der Waals surface area contributed by atoms with Crippen LogP contribution < -0.4 is 5.32 Å². The summed E-state index contributed by atoms with van der Waals surface area (Å²) in [5.41, 5.74) is 1.37. The van der Waals surface area contributed by atoms with Gasteiger partial charge in [-0.05, 0) is 25.0 Å². The molecule has 4 rings (SSSR count). The first kappa shape index (κ1) is 17.1. The van der Waals surface area contributed by atoms with Gasteiger partial charge in [0.1, 0.15) is 0 Å². The summed E-state index contributed by atoms with van der Waals surface area (Å²) >= 11 is 0. The predicted molar refractivity (Wildman–Crippen MR) is 96.6 cm³/mol. The zero-order valence-corrected chi connectivity index (χ0v) is 14.9. The van der Waals surface area contributed by atoms with E-state index in [1.807, 2.05) is 23.1 Å². The summed E-state index contributed by atoms with van der Waals surface area (Å²) in [7, 11) is 0. The van der Waals surface area contributed by atoms with Crippen molar-refractivity contribution in [2.45, 2.75) is 25.4 Å². The summed E-state index contributed by atoms with van der Waals surface area (Å²) in [5, 5.41) is 11.6. The van der Waals surface area contributed by atoms with E-state index in [9.17, 15) is 4.79 Å². The number of hydrogen-bond donors (Lipinski definition) is 1. The fraction of sp³-hybridized carbons (Fsp3) is 0.556. The van der Waals surface area contributed by atoms with Crippen LogP contribution in [0, 0.1) is 0 Å². The Bertz CT molecular complexity index is 726. The Balaban J connectivity index is 1.39. The van der Waals surface area contributed by atoms with Crippen LogP contribution in [-0.4, -0.2) is 75.0 Å². The topological polar surface area (TPSA) is 79.2 Å². The van der Waals surface area contributed by atoms with E-state index in [4.69, 9.17) is 0 Å². The van der Waals surface area contributed by atoms with Crippen molar-refractivity contribution in [1.29, 1.82) is 0 Å². The summed E-state index contributed by atoms with van der Waals surface area (Å²) in [6, 6.07) is 5.89. The van der Waals surface area contributed by atoms with Crippen molar-refractivity contribution < 1.29 is 4.79 Å². The minimum Gasteiger partial charge on any atom is -0.329 e. The maximum atomic E-state index is 12.9. The van der Waals surface area contributed by atoms with Crippen LogP contribution in [0.2, 0.25) is 0 Å². The maximum absolute atomic E-state index is 12.9. The molecule has 0 bridgehead atoms. The Morgan fingerprint density at radius 1 is 1.19 bits per heavy atom. The summed E-state index contributed by atoms with van der Waals surface area (Å²) in [6.07, 6.45) is 5.49. The normalized spacial score (nSPS) is 21.2. The summed E-state index contributed by atoms with van der Waals surface area (Å²) in [4.78, 5) is 21.6. The monoisotopic (exact) mass is 355 g/mol. The first-order valence-corrected chi connectivity index (χ1v) is 9.36. The van der Waals surface area contributed by atoms with E-state index in [0.717, 1.165) is 64.3 Å². The largest absolute Gasteiger partial charge is 0.329 e. The number of carbonyl (C=O) groups excluding carboxylic acids is 1. The lowest BCUT2D eigenvalue weighted by Crippen LogP contribution is -2.44. The van der Waals surface area contributed by atoms with Crippen LogP contribution in [0.15, 0.2) is 30.6 Å². The quantitative estimate of drug-likeness (QED) is 0.844. The molecule has 0 spiro atoms. The molecule has 0 unspecified atom stereocenters. The summed E-state index contributed by atoms with van der Waals surface area (Å²) in [6.45, 7) is 6.60. The second-order valence-corrected chi connectivity index (χ2v) is 6.87. The van der Waals surface area contributed by atoms with Gasteiger partial charge < -0.3 is 10.2 Å². The third-order valence-electron chi connectivity index (χ3n) is 5.16. The first-order valence-electron chi connectivity index (χ1n) is 9.36. The number of piperazine rings is 1. The van der Waals surface area contributed by atoms with Crippen molar-refractivity contribution in [3.8, 4) is 0 Å². The van der Waals surface area contributed by atoms with Gasteiger partial charge >= 0.3 is 0 Å². The van der Waals surface area contributed by atoms with E-state index in [1.54, 1.807) is 17.1 Å². The SMILES string of the molecule is O=C(c1cn(CCN2CCNCC2)nn1)N1CCC[C@@H]1c1ccccn1. The van der Waals surface area contributed by atoms with Gasteiger partial charge in [-0.15, -0.1) is 5.10 Å². The average molecular weight is 355 g/mol. The van der Waals surface area contributed by atoms with Gasteiger partial charge in [0.2, 0.25) is 0 Å². The fourth-order valence-corrected chi connectivity index (χ4v) is 3.72. The lowest BCUT2D eigenvalue weighted by atomic mass is 10.1. The van der Waals surface area contributed by atoms with Crippen molar-refractivity contribution in [3.05, 3.63) is 42.0 Å². The molecule has 4 heterocycles. The molecule has 138 valence electrons. The van der Waals surface area contributed by atoms with Gasteiger partial charge in [0.05, 0.1) is 24.5 Å². The van der Waals surface area contributed by atoms with Crippen LogP contribution in [0.5, 0.6) is 0 Å². The van der Waals surface area contributed by atoms with Crippen LogP contribution in [0.4, 0.5) is 0 Å². The zero-order chi connectivity index (χ0) is 17.8. The third kappa shape index (κ3) is 3.76. The molecule has 2 aromatic rings. The van der Waals surface area contributed by atoms with Gasteiger partial charge in [0.15, 0.2) is 5.69 Å². The predicted octanol–water partition coefficient (Wildman–Crippen LogP) is 0.556. The number of rotatable bonds is 5. The number of nitrogens with zero attached hydrogens (tertiary/aromatic N) is 6. The molecular formula is C18H25N7O. The number of pyridine rings is 1. The highest BCUT2D eigenvalue weighted by molar-refractivity contribution is 5.92. The number of aromatic nitrogens is 4. The maximum Gasteiger partial charge on any atom is 0.276 e. The second-order valence-electron chi connectivity index (χ2n) is 6.87. The van der Waals surface area contributed by atoms with E-state index in [1.165, 1.54) is 0 Å². The summed E-state index contributed by atoms with van der Waals surface area (Å²) in [5.74, 6) is -0.0495. The highest BCUT2D eigenvalue weighted by Gasteiger charge is 2.32. The molecule has 0 aliphatic carbocycles. The molecule has 2 aliphatic heterocycles. The van der Waals surface area contributed by atoms with Crippen molar-refractivity contribution in [1.82, 2.24) is 35.1 Å². The molecule has 1 amide bonds. The van der Waals surface area contributed by atoms with Crippen LogP contribution in [0.1, 0.15) is 35.1 Å². The molecule has 2 saturated heterocycles. The molecule has 8 heteroatoms.